The van der Waals surface area contributed by atoms with Crippen LogP contribution in [0.3, 0.4) is 0 Å². The highest BCUT2D eigenvalue weighted by Gasteiger charge is 2.11. The Balaban J connectivity index is 2.80. The topological polar surface area (TPSA) is 9.23 Å². The highest BCUT2D eigenvalue weighted by atomic mass is 35.5. The summed E-state index contributed by atoms with van der Waals surface area (Å²) in [5.74, 6) is 0.523. The van der Waals surface area contributed by atoms with Crippen LogP contribution in [0, 0.1) is 0 Å². The van der Waals surface area contributed by atoms with Gasteiger partial charge in [0.05, 0.1) is 5.02 Å². The lowest BCUT2D eigenvalue weighted by atomic mass is 10.1. The molecule has 1 nitrogen and oxygen atoms in total. The van der Waals surface area contributed by atoms with E-state index in [0.717, 1.165) is 12.0 Å². The zero-order valence-corrected chi connectivity index (χ0v) is 9.36. The molecule has 0 N–H and O–H groups in total. The van der Waals surface area contributed by atoms with Gasteiger partial charge in [-0.15, -0.1) is 11.6 Å². The van der Waals surface area contributed by atoms with Crippen molar-refractivity contribution in [1.82, 2.24) is 0 Å². The molecule has 0 amide bonds. The van der Waals surface area contributed by atoms with E-state index in [1.807, 2.05) is 0 Å². The fourth-order valence-electron chi connectivity index (χ4n) is 1.19. The van der Waals surface area contributed by atoms with Gasteiger partial charge >= 0.3 is 6.61 Å². The number of ether oxygens (including phenoxy) is 1. The van der Waals surface area contributed by atoms with Gasteiger partial charge in [0, 0.05) is 5.88 Å². The molecule has 0 fully saturated rings. The molecular formula is C10H10Cl2F2O. The molecule has 5 heteroatoms. The lowest BCUT2D eigenvalue weighted by molar-refractivity contribution is -0.0498. The third-order valence-electron chi connectivity index (χ3n) is 1.84. The Kier molecular flexibility index (Phi) is 5.12. The van der Waals surface area contributed by atoms with E-state index in [1.165, 1.54) is 6.07 Å². The monoisotopic (exact) mass is 254 g/mol. The third kappa shape index (κ3) is 3.84. The number of hydrogen-bond acceptors (Lipinski definition) is 1. The SMILES string of the molecule is FC(F)Oc1cccc(CCCCl)c1Cl. The Morgan fingerprint density at radius 2 is 2.07 bits per heavy atom. The molecule has 0 unspecified atom stereocenters. The molecule has 0 spiro atoms. The molecule has 0 aliphatic heterocycles. The fourth-order valence-corrected chi connectivity index (χ4v) is 1.59. The number of alkyl halides is 3. The summed E-state index contributed by atoms with van der Waals surface area (Å²) >= 11 is 11.4. The van der Waals surface area contributed by atoms with Crippen molar-refractivity contribution < 1.29 is 13.5 Å². The molecule has 0 bridgehead atoms. The van der Waals surface area contributed by atoms with E-state index in [2.05, 4.69) is 4.74 Å². The summed E-state index contributed by atoms with van der Waals surface area (Å²) in [5, 5.41) is 0.239. The fraction of sp³-hybridized carbons (Fsp3) is 0.400. The second kappa shape index (κ2) is 6.13. The maximum absolute atomic E-state index is 12.0. The van der Waals surface area contributed by atoms with Gasteiger partial charge in [-0.25, -0.2) is 0 Å². The van der Waals surface area contributed by atoms with E-state index in [4.69, 9.17) is 23.2 Å². The lowest BCUT2D eigenvalue weighted by Crippen LogP contribution is -2.03. The second-order valence-electron chi connectivity index (χ2n) is 2.90. The molecule has 0 saturated carbocycles. The number of halogens is 4. The first-order chi connectivity index (χ1) is 7.15. The van der Waals surface area contributed by atoms with Crippen molar-refractivity contribution in [2.45, 2.75) is 19.5 Å². The van der Waals surface area contributed by atoms with E-state index < -0.39 is 6.61 Å². The third-order valence-corrected chi connectivity index (χ3v) is 2.54. The van der Waals surface area contributed by atoms with Gasteiger partial charge in [0.15, 0.2) is 0 Å². The van der Waals surface area contributed by atoms with Gasteiger partial charge in [0.1, 0.15) is 5.75 Å². The van der Waals surface area contributed by atoms with Crippen LogP contribution in [0.1, 0.15) is 12.0 Å². The summed E-state index contributed by atoms with van der Waals surface area (Å²) in [4.78, 5) is 0. The predicted molar refractivity (Wildman–Crippen MR) is 57.1 cm³/mol. The van der Waals surface area contributed by atoms with Gasteiger partial charge in [-0.2, -0.15) is 8.78 Å². The van der Waals surface area contributed by atoms with Gasteiger partial charge in [-0.05, 0) is 24.5 Å². The van der Waals surface area contributed by atoms with Crippen LogP contribution < -0.4 is 4.74 Å². The first-order valence-corrected chi connectivity index (χ1v) is 5.34. The average molecular weight is 255 g/mol. The van der Waals surface area contributed by atoms with Crippen LogP contribution in [0.5, 0.6) is 5.75 Å². The normalized spacial score (nSPS) is 10.7. The predicted octanol–water partition coefficient (Wildman–Crippen LogP) is 4.11. The molecular weight excluding hydrogens is 245 g/mol. The summed E-state index contributed by atoms with van der Waals surface area (Å²) in [5.41, 5.74) is 0.774. The minimum Gasteiger partial charge on any atom is -0.433 e. The second-order valence-corrected chi connectivity index (χ2v) is 3.66. The quantitative estimate of drug-likeness (QED) is 0.719. The van der Waals surface area contributed by atoms with E-state index in [9.17, 15) is 8.78 Å². The maximum Gasteiger partial charge on any atom is 0.387 e. The number of aryl methyl sites for hydroxylation is 1. The van der Waals surface area contributed by atoms with Gasteiger partial charge < -0.3 is 4.74 Å². The summed E-state index contributed by atoms with van der Waals surface area (Å²) in [6.45, 7) is -2.86. The largest absolute Gasteiger partial charge is 0.433 e. The molecule has 84 valence electrons. The molecule has 0 aromatic heterocycles. The zero-order valence-electron chi connectivity index (χ0n) is 7.85. The Morgan fingerprint density at radius 1 is 1.33 bits per heavy atom. The van der Waals surface area contributed by atoms with Crippen molar-refractivity contribution in [3.05, 3.63) is 28.8 Å². The number of rotatable bonds is 5. The minimum atomic E-state index is -2.86. The molecule has 0 aliphatic carbocycles. The molecule has 0 saturated heterocycles. The van der Waals surface area contributed by atoms with E-state index >= 15 is 0 Å². The number of hydrogen-bond donors (Lipinski definition) is 0. The maximum atomic E-state index is 12.0. The first-order valence-electron chi connectivity index (χ1n) is 4.43. The van der Waals surface area contributed by atoms with Crippen LogP contribution in [0.2, 0.25) is 5.02 Å². The van der Waals surface area contributed by atoms with Crippen LogP contribution in [0.4, 0.5) is 8.78 Å². The number of benzene rings is 1. The molecule has 0 radical (unpaired) electrons. The smallest absolute Gasteiger partial charge is 0.387 e. The summed E-state index contributed by atoms with van der Waals surface area (Å²) < 4.78 is 28.2. The summed E-state index contributed by atoms with van der Waals surface area (Å²) in [6.07, 6.45) is 1.40. The Hall–Kier alpha value is -0.540. The van der Waals surface area contributed by atoms with Crippen molar-refractivity contribution >= 4 is 23.2 Å². The van der Waals surface area contributed by atoms with E-state index in [0.29, 0.717) is 12.3 Å². The minimum absolute atomic E-state index is 0.0127. The molecule has 1 aromatic carbocycles. The molecule has 15 heavy (non-hydrogen) atoms. The van der Waals surface area contributed by atoms with E-state index in [-0.39, 0.29) is 10.8 Å². The van der Waals surface area contributed by atoms with Gasteiger partial charge in [0.2, 0.25) is 0 Å². The molecule has 1 aromatic rings. The van der Waals surface area contributed by atoms with Crippen LogP contribution in [-0.4, -0.2) is 12.5 Å². The van der Waals surface area contributed by atoms with Crippen LogP contribution in [0.15, 0.2) is 18.2 Å². The highest BCUT2D eigenvalue weighted by Crippen LogP contribution is 2.30. The van der Waals surface area contributed by atoms with Crippen molar-refractivity contribution in [1.29, 1.82) is 0 Å². The van der Waals surface area contributed by atoms with E-state index in [1.54, 1.807) is 12.1 Å². The summed E-state index contributed by atoms with van der Waals surface area (Å²) in [7, 11) is 0. The van der Waals surface area contributed by atoms with Gasteiger partial charge in [-0.1, -0.05) is 23.7 Å². The standard InChI is InChI=1S/C10H10Cl2F2O/c11-6-2-4-7-3-1-5-8(9(7)12)15-10(13)14/h1,3,5,10H,2,4,6H2. The first kappa shape index (κ1) is 12.5. The van der Waals surface area contributed by atoms with Crippen molar-refractivity contribution in [3.8, 4) is 5.75 Å². The highest BCUT2D eigenvalue weighted by molar-refractivity contribution is 6.32. The van der Waals surface area contributed by atoms with Gasteiger partial charge in [-0.3, -0.25) is 0 Å². The Morgan fingerprint density at radius 3 is 2.67 bits per heavy atom. The zero-order chi connectivity index (χ0) is 11.3. The summed E-state index contributed by atoms with van der Waals surface area (Å²) in [6, 6.07) is 4.82. The molecule has 0 aliphatic rings. The average Bonchev–Trinajstić information content (AvgIpc) is 2.19. The van der Waals surface area contributed by atoms with Crippen LogP contribution in [0.25, 0.3) is 0 Å². The van der Waals surface area contributed by atoms with Crippen molar-refractivity contribution in [3.63, 3.8) is 0 Å². The molecule has 0 heterocycles. The van der Waals surface area contributed by atoms with Crippen molar-refractivity contribution in [2.75, 3.05) is 5.88 Å². The van der Waals surface area contributed by atoms with Crippen molar-refractivity contribution in [2.24, 2.45) is 0 Å². The van der Waals surface area contributed by atoms with Crippen LogP contribution in [-0.2, 0) is 6.42 Å². The van der Waals surface area contributed by atoms with Crippen LogP contribution >= 0.6 is 23.2 Å². The van der Waals surface area contributed by atoms with Gasteiger partial charge in [0.25, 0.3) is 0 Å². The Bertz CT molecular complexity index is 318. The molecule has 1 rings (SSSR count). The Labute approximate surface area is 96.9 Å². The lowest BCUT2D eigenvalue weighted by Gasteiger charge is -2.09. The molecule has 0 atom stereocenters.